The molecule has 0 aromatic rings. The Kier molecular flexibility index (Phi) is 5.25. The molecule has 0 N–H and O–H groups in total. The van der Waals surface area contributed by atoms with E-state index in [4.69, 9.17) is 11.6 Å². The summed E-state index contributed by atoms with van der Waals surface area (Å²) in [5.41, 5.74) is 0. The van der Waals surface area contributed by atoms with Crippen molar-refractivity contribution in [2.75, 3.05) is 31.0 Å². The smallest absolute Gasteiger partial charge is 0.409 e. The number of hydrogen-bond acceptors (Lipinski definition) is 4. The fourth-order valence-electron chi connectivity index (χ4n) is 1.50. The van der Waals surface area contributed by atoms with Gasteiger partial charge in [-0.3, -0.25) is 4.79 Å². The Bertz CT molecular complexity index is 250. The molecule has 1 atom stereocenters. The van der Waals surface area contributed by atoms with E-state index in [-0.39, 0.29) is 23.8 Å². The topological polar surface area (TPSA) is 46.6 Å². The summed E-state index contributed by atoms with van der Waals surface area (Å²) < 4.78 is 4.67. The molecular weight excluding hydrogens is 238 g/mol. The summed E-state index contributed by atoms with van der Waals surface area (Å²) in [4.78, 5) is 24.2. The van der Waals surface area contributed by atoms with Crippen LogP contribution in [0.25, 0.3) is 0 Å². The van der Waals surface area contributed by atoms with Crippen molar-refractivity contribution in [3.8, 4) is 0 Å². The van der Waals surface area contributed by atoms with Crippen LogP contribution >= 0.6 is 23.4 Å². The van der Waals surface area contributed by atoms with Crippen molar-refractivity contribution in [2.24, 2.45) is 0 Å². The maximum atomic E-state index is 11.4. The minimum Gasteiger partial charge on any atom is -0.453 e. The van der Waals surface area contributed by atoms with Gasteiger partial charge in [0.25, 0.3) is 0 Å². The molecule has 0 radical (unpaired) electrons. The van der Waals surface area contributed by atoms with Crippen molar-refractivity contribution in [3.63, 3.8) is 0 Å². The van der Waals surface area contributed by atoms with Crippen LogP contribution in [0.15, 0.2) is 0 Å². The predicted molar refractivity (Wildman–Crippen MR) is 60.6 cm³/mol. The Morgan fingerprint density at radius 2 is 2.33 bits per heavy atom. The number of halogens is 1. The predicted octanol–water partition coefficient (Wildman–Crippen LogP) is 1.37. The number of rotatable bonds is 3. The molecule has 1 fully saturated rings. The molecule has 1 saturated heterocycles. The summed E-state index contributed by atoms with van der Waals surface area (Å²) in [6, 6.07) is -0.0672. The van der Waals surface area contributed by atoms with Crippen LogP contribution < -0.4 is 0 Å². The van der Waals surface area contributed by atoms with Crippen molar-refractivity contribution in [3.05, 3.63) is 0 Å². The first-order chi connectivity index (χ1) is 7.19. The normalized spacial score (nSPS) is 21.2. The van der Waals surface area contributed by atoms with E-state index in [1.165, 1.54) is 7.11 Å². The molecule has 1 aliphatic heterocycles. The number of thioether (sulfide) groups is 1. The average molecular weight is 252 g/mol. The second-order valence-electron chi connectivity index (χ2n) is 3.27. The third-order valence-corrected chi connectivity index (χ3v) is 3.64. The fourth-order valence-corrected chi connectivity index (χ4v) is 2.67. The standard InChI is InChI=1S/C9H14ClNO3S/c1-14-9(13)11-2-3-15-6-7(11)4-8(12)5-10/h7H,2-6H2,1H3. The monoisotopic (exact) mass is 251 g/mol. The van der Waals surface area contributed by atoms with Gasteiger partial charge in [-0.05, 0) is 0 Å². The zero-order valence-electron chi connectivity index (χ0n) is 8.57. The van der Waals surface area contributed by atoms with Crippen LogP contribution in [0.1, 0.15) is 6.42 Å². The van der Waals surface area contributed by atoms with Crippen molar-refractivity contribution in [1.82, 2.24) is 4.90 Å². The van der Waals surface area contributed by atoms with Crippen molar-refractivity contribution >= 4 is 35.2 Å². The van der Waals surface area contributed by atoms with E-state index in [0.717, 1.165) is 11.5 Å². The van der Waals surface area contributed by atoms with Crippen LogP contribution in [0, 0.1) is 0 Å². The molecule has 1 amide bonds. The number of carbonyl (C=O) groups is 2. The molecule has 0 aromatic heterocycles. The number of methoxy groups -OCH3 is 1. The van der Waals surface area contributed by atoms with Gasteiger partial charge in [-0.15, -0.1) is 11.6 Å². The number of Topliss-reactive ketones (excluding diaryl/α,β-unsaturated/α-hetero) is 1. The molecule has 1 rings (SSSR count). The lowest BCUT2D eigenvalue weighted by molar-refractivity contribution is -0.117. The molecule has 1 aliphatic rings. The Labute approximate surface area is 98.3 Å². The summed E-state index contributed by atoms with van der Waals surface area (Å²) in [5, 5.41) is 0. The van der Waals surface area contributed by atoms with E-state index < -0.39 is 0 Å². The lowest BCUT2D eigenvalue weighted by Gasteiger charge is -2.33. The van der Waals surface area contributed by atoms with Crippen LogP contribution in [0.2, 0.25) is 0 Å². The van der Waals surface area contributed by atoms with Gasteiger partial charge in [0.2, 0.25) is 0 Å². The van der Waals surface area contributed by atoms with Gasteiger partial charge >= 0.3 is 6.09 Å². The van der Waals surface area contributed by atoms with E-state index in [9.17, 15) is 9.59 Å². The zero-order valence-corrected chi connectivity index (χ0v) is 10.1. The third-order valence-electron chi connectivity index (χ3n) is 2.25. The Balaban J connectivity index is 2.57. The number of ketones is 1. The molecule has 0 spiro atoms. The van der Waals surface area contributed by atoms with Gasteiger partial charge in [-0.1, -0.05) is 0 Å². The van der Waals surface area contributed by atoms with E-state index in [1.807, 2.05) is 0 Å². The molecule has 6 heteroatoms. The summed E-state index contributed by atoms with van der Waals surface area (Å²) >= 11 is 7.18. The SMILES string of the molecule is COC(=O)N1CCSCC1CC(=O)CCl. The zero-order chi connectivity index (χ0) is 11.3. The van der Waals surface area contributed by atoms with Crippen LogP contribution in [0.4, 0.5) is 4.79 Å². The molecule has 1 unspecified atom stereocenters. The van der Waals surface area contributed by atoms with Gasteiger partial charge in [0.1, 0.15) is 5.78 Å². The Morgan fingerprint density at radius 3 is 2.93 bits per heavy atom. The van der Waals surface area contributed by atoms with Gasteiger partial charge in [-0.25, -0.2) is 4.79 Å². The third kappa shape index (κ3) is 3.57. The van der Waals surface area contributed by atoms with Crippen LogP contribution in [0.5, 0.6) is 0 Å². The van der Waals surface area contributed by atoms with Crippen LogP contribution in [-0.4, -0.2) is 53.9 Å². The van der Waals surface area contributed by atoms with Crippen molar-refractivity contribution < 1.29 is 14.3 Å². The highest BCUT2D eigenvalue weighted by Crippen LogP contribution is 2.20. The summed E-state index contributed by atoms with van der Waals surface area (Å²) in [6.45, 7) is 0.636. The molecule has 0 aliphatic carbocycles. The van der Waals surface area contributed by atoms with E-state index in [0.29, 0.717) is 13.0 Å². The minimum absolute atomic E-state index is 0.0101. The Morgan fingerprint density at radius 1 is 1.60 bits per heavy atom. The first-order valence-electron chi connectivity index (χ1n) is 4.69. The maximum absolute atomic E-state index is 11.4. The molecule has 86 valence electrons. The van der Waals surface area contributed by atoms with Crippen molar-refractivity contribution in [1.29, 1.82) is 0 Å². The highest BCUT2D eigenvalue weighted by molar-refractivity contribution is 7.99. The maximum Gasteiger partial charge on any atom is 0.409 e. The number of nitrogens with zero attached hydrogens (tertiary/aromatic N) is 1. The number of ether oxygens (including phenoxy) is 1. The number of carbonyl (C=O) groups excluding carboxylic acids is 2. The van der Waals surface area contributed by atoms with Crippen molar-refractivity contribution in [2.45, 2.75) is 12.5 Å². The number of hydrogen-bond donors (Lipinski definition) is 0. The van der Waals surface area contributed by atoms with Crippen LogP contribution in [-0.2, 0) is 9.53 Å². The van der Waals surface area contributed by atoms with Crippen LogP contribution in [0.3, 0.4) is 0 Å². The molecule has 0 aromatic carbocycles. The number of alkyl halides is 1. The second-order valence-corrected chi connectivity index (χ2v) is 4.69. The number of amides is 1. The van der Waals surface area contributed by atoms with E-state index in [1.54, 1.807) is 16.7 Å². The molecule has 15 heavy (non-hydrogen) atoms. The fraction of sp³-hybridized carbons (Fsp3) is 0.778. The lowest BCUT2D eigenvalue weighted by Crippen LogP contribution is -2.47. The quantitative estimate of drug-likeness (QED) is 0.711. The lowest BCUT2D eigenvalue weighted by atomic mass is 10.1. The first kappa shape index (κ1) is 12.6. The molecule has 0 bridgehead atoms. The summed E-state index contributed by atoms with van der Waals surface area (Å²) in [5.74, 6) is 1.65. The minimum atomic E-state index is -0.359. The molecule has 4 nitrogen and oxygen atoms in total. The van der Waals surface area contributed by atoms with E-state index in [2.05, 4.69) is 4.74 Å². The molecular formula is C9H14ClNO3S. The second kappa shape index (κ2) is 6.23. The van der Waals surface area contributed by atoms with Gasteiger partial charge < -0.3 is 9.64 Å². The van der Waals surface area contributed by atoms with Gasteiger partial charge in [0.15, 0.2) is 0 Å². The molecule has 1 heterocycles. The average Bonchev–Trinajstić information content (AvgIpc) is 2.28. The first-order valence-corrected chi connectivity index (χ1v) is 6.38. The van der Waals surface area contributed by atoms with Gasteiger partial charge in [0.05, 0.1) is 19.0 Å². The Hall–Kier alpha value is -0.420. The highest BCUT2D eigenvalue weighted by atomic mass is 35.5. The van der Waals surface area contributed by atoms with Gasteiger partial charge in [0, 0.05) is 24.5 Å². The summed E-state index contributed by atoms with van der Waals surface area (Å²) in [7, 11) is 1.35. The summed E-state index contributed by atoms with van der Waals surface area (Å²) in [6.07, 6.45) is -0.0336. The molecule has 0 saturated carbocycles. The van der Waals surface area contributed by atoms with Gasteiger partial charge in [-0.2, -0.15) is 11.8 Å². The highest BCUT2D eigenvalue weighted by Gasteiger charge is 2.28. The van der Waals surface area contributed by atoms with E-state index >= 15 is 0 Å². The largest absolute Gasteiger partial charge is 0.453 e.